The second-order valence-corrected chi connectivity index (χ2v) is 4.63. The number of aryl methyl sites for hydroxylation is 1. The highest BCUT2D eigenvalue weighted by Gasteiger charge is 2.23. The van der Waals surface area contributed by atoms with Crippen molar-refractivity contribution in [2.75, 3.05) is 7.11 Å². The van der Waals surface area contributed by atoms with Gasteiger partial charge in [-0.1, -0.05) is 13.0 Å². The van der Waals surface area contributed by atoms with Crippen molar-refractivity contribution in [2.24, 2.45) is 11.8 Å². The molecule has 2 nitrogen and oxygen atoms in total. The third kappa shape index (κ3) is 2.11. The van der Waals surface area contributed by atoms with Gasteiger partial charge in [0.15, 0.2) is 0 Å². The Labute approximate surface area is 96.6 Å². The molecule has 1 aliphatic carbocycles. The second kappa shape index (κ2) is 4.69. The summed E-state index contributed by atoms with van der Waals surface area (Å²) in [7, 11) is 1.70. The maximum absolute atomic E-state index is 10.8. The first-order valence-electron chi connectivity index (χ1n) is 5.85. The van der Waals surface area contributed by atoms with Crippen LogP contribution in [0.25, 0.3) is 0 Å². The van der Waals surface area contributed by atoms with Crippen LogP contribution in [0, 0.1) is 11.8 Å². The molecule has 86 valence electrons. The topological polar surface area (TPSA) is 26.3 Å². The predicted octanol–water partition coefficient (Wildman–Crippen LogP) is 2.64. The number of benzene rings is 1. The molecule has 0 saturated heterocycles. The van der Waals surface area contributed by atoms with Gasteiger partial charge in [-0.2, -0.15) is 0 Å². The molecule has 0 spiro atoms. The molecule has 1 aromatic rings. The Hall–Kier alpha value is -1.31. The van der Waals surface area contributed by atoms with Crippen LogP contribution in [-0.2, 0) is 17.6 Å². The summed E-state index contributed by atoms with van der Waals surface area (Å²) >= 11 is 0. The Balaban J connectivity index is 2.18. The lowest BCUT2D eigenvalue weighted by atomic mass is 9.78. The largest absolute Gasteiger partial charge is 0.497 e. The van der Waals surface area contributed by atoms with E-state index in [0.717, 1.165) is 31.3 Å². The van der Waals surface area contributed by atoms with E-state index in [1.807, 2.05) is 13.0 Å². The number of methoxy groups -OCH3 is 1. The van der Waals surface area contributed by atoms with Crippen LogP contribution in [0.2, 0.25) is 0 Å². The summed E-state index contributed by atoms with van der Waals surface area (Å²) in [6.07, 6.45) is 4.29. The summed E-state index contributed by atoms with van der Waals surface area (Å²) in [6, 6.07) is 6.27. The van der Waals surface area contributed by atoms with E-state index in [1.165, 1.54) is 11.1 Å². The van der Waals surface area contributed by atoms with E-state index in [1.54, 1.807) is 7.11 Å². The minimum Gasteiger partial charge on any atom is -0.497 e. The Bertz CT molecular complexity index is 384. The molecule has 2 unspecified atom stereocenters. The van der Waals surface area contributed by atoms with Crippen LogP contribution in [0.15, 0.2) is 18.2 Å². The maximum Gasteiger partial charge on any atom is 0.123 e. The normalized spacial score (nSPS) is 21.0. The van der Waals surface area contributed by atoms with Gasteiger partial charge < -0.3 is 9.53 Å². The summed E-state index contributed by atoms with van der Waals surface area (Å²) in [5, 5.41) is 0. The fraction of sp³-hybridized carbons (Fsp3) is 0.500. The van der Waals surface area contributed by atoms with Gasteiger partial charge in [0.1, 0.15) is 12.0 Å². The van der Waals surface area contributed by atoms with Crippen LogP contribution >= 0.6 is 0 Å². The van der Waals surface area contributed by atoms with Gasteiger partial charge in [-0.3, -0.25) is 0 Å². The zero-order valence-corrected chi connectivity index (χ0v) is 9.90. The van der Waals surface area contributed by atoms with Gasteiger partial charge in [-0.15, -0.1) is 0 Å². The van der Waals surface area contributed by atoms with Crippen molar-refractivity contribution >= 4 is 6.29 Å². The Morgan fingerprint density at radius 2 is 2.25 bits per heavy atom. The van der Waals surface area contributed by atoms with Crippen molar-refractivity contribution in [3.05, 3.63) is 29.3 Å². The monoisotopic (exact) mass is 218 g/mol. The first-order chi connectivity index (χ1) is 7.74. The van der Waals surface area contributed by atoms with Crippen LogP contribution < -0.4 is 4.74 Å². The number of ether oxygens (including phenoxy) is 1. The molecule has 16 heavy (non-hydrogen) atoms. The summed E-state index contributed by atoms with van der Waals surface area (Å²) in [5.41, 5.74) is 2.76. The van der Waals surface area contributed by atoms with E-state index < -0.39 is 0 Å². The lowest BCUT2D eigenvalue weighted by Crippen LogP contribution is -2.21. The Morgan fingerprint density at radius 1 is 1.44 bits per heavy atom. The van der Waals surface area contributed by atoms with Gasteiger partial charge in [0.05, 0.1) is 7.11 Å². The van der Waals surface area contributed by atoms with Crippen molar-refractivity contribution in [2.45, 2.75) is 26.2 Å². The molecule has 2 rings (SSSR count). The standard InChI is InChI=1S/C14H18O2/c1-10(9-15)11-3-4-13-8-14(16-2)6-5-12(13)7-11/h5-6,8-11H,3-4,7H2,1-2H3. The van der Waals surface area contributed by atoms with Gasteiger partial charge in [0.25, 0.3) is 0 Å². The van der Waals surface area contributed by atoms with E-state index in [4.69, 9.17) is 4.74 Å². The van der Waals surface area contributed by atoms with Gasteiger partial charge in [-0.05, 0) is 48.4 Å². The highest BCUT2D eigenvalue weighted by Crippen LogP contribution is 2.31. The molecule has 0 radical (unpaired) electrons. The second-order valence-electron chi connectivity index (χ2n) is 4.63. The molecule has 2 heteroatoms. The minimum absolute atomic E-state index is 0.176. The van der Waals surface area contributed by atoms with Crippen LogP contribution in [0.1, 0.15) is 24.5 Å². The van der Waals surface area contributed by atoms with E-state index in [9.17, 15) is 4.79 Å². The summed E-state index contributed by atoms with van der Waals surface area (Å²) in [4.78, 5) is 10.8. The van der Waals surface area contributed by atoms with Gasteiger partial charge in [0.2, 0.25) is 0 Å². The maximum atomic E-state index is 10.8. The van der Waals surface area contributed by atoms with Crippen molar-refractivity contribution in [1.82, 2.24) is 0 Å². The van der Waals surface area contributed by atoms with Crippen LogP contribution in [-0.4, -0.2) is 13.4 Å². The molecule has 1 aromatic carbocycles. The summed E-state index contributed by atoms with van der Waals surface area (Å²) < 4.78 is 5.22. The van der Waals surface area contributed by atoms with Crippen LogP contribution in [0.4, 0.5) is 0 Å². The van der Waals surface area contributed by atoms with Crippen molar-refractivity contribution in [3.8, 4) is 5.75 Å². The molecule has 2 atom stereocenters. The number of hydrogen-bond donors (Lipinski definition) is 0. The average molecular weight is 218 g/mol. The number of hydrogen-bond acceptors (Lipinski definition) is 2. The van der Waals surface area contributed by atoms with Crippen molar-refractivity contribution < 1.29 is 9.53 Å². The fourth-order valence-electron chi connectivity index (χ4n) is 2.45. The number of rotatable bonds is 3. The lowest BCUT2D eigenvalue weighted by Gasteiger charge is -2.27. The molecule has 0 fully saturated rings. The van der Waals surface area contributed by atoms with E-state index in [-0.39, 0.29) is 5.92 Å². The highest BCUT2D eigenvalue weighted by molar-refractivity contribution is 5.54. The van der Waals surface area contributed by atoms with E-state index >= 15 is 0 Å². The molecule has 0 bridgehead atoms. The number of carbonyl (C=O) groups is 1. The average Bonchev–Trinajstić information content (AvgIpc) is 2.36. The Kier molecular flexibility index (Phi) is 3.28. The predicted molar refractivity (Wildman–Crippen MR) is 63.7 cm³/mol. The zero-order valence-electron chi connectivity index (χ0n) is 9.90. The molecule has 0 aromatic heterocycles. The molecular weight excluding hydrogens is 200 g/mol. The quantitative estimate of drug-likeness (QED) is 0.729. The molecule has 0 heterocycles. The highest BCUT2D eigenvalue weighted by atomic mass is 16.5. The first-order valence-corrected chi connectivity index (χ1v) is 5.85. The zero-order chi connectivity index (χ0) is 11.5. The van der Waals surface area contributed by atoms with Crippen molar-refractivity contribution in [3.63, 3.8) is 0 Å². The molecule has 0 amide bonds. The van der Waals surface area contributed by atoms with Gasteiger partial charge in [0, 0.05) is 5.92 Å². The molecular formula is C14H18O2. The number of carbonyl (C=O) groups excluding carboxylic acids is 1. The Morgan fingerprint density at radius 3 is 2.94 bits per heavy atom. The first kappa shape index (κ1) is 11.2. The van der Waals surface area contributed by atoms with E-state index in [2.05, 4.69) is 12.1 Å². The molecule has 0 aliphatic heterocycles. The SMILES string of the molecule is COc1ccc2c(c1)CCC(C(C)C=O)C2. The molecule has 1 aliphatic rings. The van der Waals surface area contributed by atoms with Gasteiger partial charge in [-0.25, -0.2) is 0 Å². The third-order valence-corrected chi connectivity index (χ3v) is 3.64. The van der Waals surface area contributed by atoms with E-state index in [0.29, 0.717) is 5.92 Å². The number of fused-ring (bicyclic) bond motifs is 1. The summed E-state index contributed by atoms with van der Waals surface area (Å²) in [6.45, 7) is 2.02. The van der Waals surface area contributed by atoms with Crippen LogP contribution in [0.5, 0.6) is 5.75 Å². The smallest absolute Gasteiger partial charge is 0.123 e. The molecule has 0 saturated carbocycles. The van der Waals surface area contributed by atoms with Crippen molar-refractivity contribution in [1.29, 1.82) is 0 Å². The summed E-state index contributed by atoms with van der Waals surface area (Å²) in [5.74, 6) is 1.62. The fourth-order valence-corrected chi connectivity index (χ4v) is 2.45. The molecule has 0 N–H and O–H groups in total. The van der Waals surface area contributed by atoms with Gasteiger partial charge >= 0.3 is 0 Å². The minimum atomic E-state index is 0.176. The number of aldehydes is 1. The third-order valence-electron chi connectivity index (χ3n) is 3.64. The van der Waals surface area contributed by atoms with Crippen LogP contribution in [0.3, 0.4) is 0 Å². The lowest BCUT2D eigenvalue weighted by molar-refractivity contribution is -0.112.